The number of aliphatic hydroxyl groups is 1. The van der Waals surface area contributed by atoms with E-state index in [1.807, 2.05) is 27.2 Å². The van der Waals surface area contributed by atoms with Crippen molar-refractivity contribution in [3.63, 3.8) is 0 Å². The summed E-state index contributed by atoms with van der Waals surface area (Å²) in [5.74, 6) is -0.191. The zero-order chi connectivity index (χ0) is 49.9. The van der Waals surface area contributed by atoms with Crippen molar-refractivity contribution in [2.24, 2.45) is 0 Å². The molecule has 0 aliphatic carbocycles. The van der Waals surface area contributed by atoms with Gasteiger partial charge in [-0.3, -0.25) is 9.36 Å². The van der Waals surface area contributed by atoms with Crippen LogP contribution in [0.25, 0.3) is 0 Å². The second-order valence-electron chi connectivity index (χ2n) is 22.1. The fourth-order valence-corrected chi connectivity index (χ4v) is 10.00. The van der Waals surface area contributed by atoms with Gasteiger partial charge in [-0.15, -0.1) is 0 Å². The molecule has 0 aliphatic heterocycles. The lowest BCUT2D eigenvalue weighted by Gasteiger charge is -2.29. The van der Waals surface area contributed by atoms with Crippen molar-refractivity contribution in [1.82, 2.24) is 5.32 Å². The molecule has 0 aromatic heterocycles. The molecule has 3 atom stereocenters. The largest absolute Gasteiger partial charge is 0.756 e. The number of allylic oxidation sites excluding steroid dienone is 1. The Morgan fingerprint density at radius 2 is 0.794 bits per heavy atom. The van der Waals surface area contributed by atoms with Gasteiger partial charge in [0.25, 0.3) is 7.82 Å². The number of likely N-dealkylation sites (N-methyl/N-ethyl adjacent to an activating group) is 1. The highest BCUT2D eigenvalue weighted by Crippen LogP contribution is 2.38. The smallest absolute Gasteiger partial charge is 0.268 e. The SMILES string of the molecule is CCCCCCCCCCCCC/C=C/C(O)C(COP(=O)([O-])OCC[N+](C)(C)C)NC(=O)CCCCCCCCCCCCCCCCCCCCCCCCCCCCCCCCCCC. The van der Waals surface area contributed by atoms with Crippen molar-refractivity contribution in [1.29, 1.82) is 0 Å². The molecule has 0 radical (unpaired) electrons. The van der Waals surface area contributed by atoms with Crippen LogP contribution in [0.1, 0.15) is 309 Å². The maximum Gasteiger partial charge on any atom is 0.268 e. The van der Waals surface area contributed by atoms with Crippen LogP contribution in [-0.2, 0) is 18.4 Å². The van der Waals surface area contributed by atoms with Gasteiger partial charge in [-0.25, -0.2) is 0 Å². The summed E-state index contributed by atoms with van der Waals surface area (Å²) >= 11 is 0. The molecular weight excluding hydrogens is 864 g/mol. The van der Waals surface area contributed by atoms with Gasteiger partial charge in [-0.05, 0) is 19.3 Å². The second-order valence-corrected chi connectivity index (χ2v) is 23.5. The van der Waals surface area contributed by atoms with Crippen LogP contribution in [0.5, 0.6) is 0 Å². The number of phosphoric ester groups is 1. The molecule has 8 nitrogen and oxygen atoms in total. The number of rotatable bonds is 56. The molecule has 0 spiro atoms. The van der Waals surface area contributed by atoms with Gasteiger partial charge in [0.2, 0.25) is 5.91 Å². The van der Waals surface area contributed by atoms with E-state index in [9.17, 15) is 19.4 Å². The van der Waals surface area contributed by atoms with Crippen molar-refractivity contribution < 1.29 is 32.9 Å². The second kappa shape index (κ2) is 51.2. The van der Waals surface area contributed by atoms with Gasteiger partial charge in [0.15, 0.2) is 0 Å². The van der Waals surface area contributed by atoms with Crippen molar-refractivity contribution in [2.45, 2.75) is 321 Å². The number of nitrogens with one attached hydrogen (secondary N) is 1. The molecule has 0 saturated carbocycles. The number of carbonyl (C=O) groups is 1. The van der Waals surface area contributed by atoms with Crippen LogP contribution in [0, 0.1) is 0 Å². The molecule has 0 rings (SSSR count). The minimum Gasteiger partial charge on any atom is -0.756 e. The fraction of sp³-hybridized carbons (Fsp3) is 0.949. The van der Waals surface area contributed by atoms with E-state index in [-0.39, 0.29) is 19.1 Å². The summed E-state index contributed by atoms with van der Waals surface area (Å²) in [6.07, 6.45) is 63.1. The van der Waals surface area contributed by atoms with Gasteiger partial charge in [-0.2, -0.15) is 0 Å². The number of aliphatic hydroxyl groups excluding tert-OH is 1. The average molecular weight is 984 g/mol. The summed E-state index contributed by atoms with van der Waals surface area (Å²) in [6, 6.07) is -0.881. The number of nitrogens with zero attached hydrogens (tertiary/aromatic N) is 1. The number of hydrogen-bond donors (Lipinski definition) is 2. The molecule has 9 heteroatoms. The van der Waals surface area contributed by atoms with Gasteiger partial charge < -0.3 is 28.8 Å². The summed E-state index contributed by atoms with van der Waals surface area (Å²) in [6.45, 7) is 4.68. The Hall–Kier alpha value is -0.760. The molecule has 0 aliphatic rings. The molecule has 68 heavy (non-hydrogen) atoms. The molecule has 0 saturated heterocycles. The van der Waals surface area contributed by atoms with E-state index in [1.165, 1.54) is 250 Å². The first kappa shape index (κ1) is 67.2. The molecule has 0 aromatic carbocycles. The number of carbonyl (C=O) groups excluding carboxylic acids is 1. The van der Waals surface area contributed by atoms with E-state index in [2.05, 4.69) is 19.2 Å². The lowest BCUT2D eigenvalue weighted by molar-refractivity contribution is -0.870. The Bertz CT molecular complexity index is 1120. The molecule has 1 amide bonds. The predicted molar refractivity (Wildman–Crippen MR) is 293 cm³/mol. The van der Waals surface area contributed by atoms with E-state index in [0.717, 1.165) is 38.5 Å². The van der Waals surface area contributed by atoms with Gasteiger partial charge in [-0.1, -0.05) is 296 Å². The third-order valence-electron chi connectivity index (χ3n) is 14.0. The standard InChI is InChI=1S/C59H119N2O6P/c1-6-8-10-12-14-16-18-20-21-22-23-24-25-26-27-28-29-30-31-32-33-34-35-36-37-38-39-41-43-45-47-49-51-53-59(63)60-57(56-67-68(64,65)66-55-54-61(3,4)5)58(62)52-50-48-46-44-42-40-19-17-15-13-11-9-7-2/h50,52,57-58,62H,6-49,51,53-56H2,1-5H3,(H-,60,63,64,65)/b52-50+. The maximum absolute atomic E-state index is 12.9. The zero-order valence-electron chi connectivity index (χ0n) is 46.3. The third-order valence-corrected chi connectivity index (χ3v) is 15.0. The summed E-state index contributed by atoms with van der Waals surface area (Å²) in [5, 5.41) is 13.8. The Balaban J connectivity index is 3.94. The Kier molecular flexibility index (Phi) is 50.6. The number of amides is 1. The van der Waals surface area contributed by atoms with Crippen LogP contribution in [-0.4, -0.2) is 68.5 Å². The number of hydrogen-bond acceptors (Lipinski definition) is 6. The molecule has 2 N–H and O–H groups in total. The van der Waals surface area contributed by atoms with Crippen LogP contribution in [0.2, 0.25) is 0 Å². The van der Waals surface area contributed by atoms with Crippen LogP contribution in [0.4, 0.5) is 0 Å². The summed E-state index contributed by atoms with van der Waals surface area (Å²) in [7, 11) is 1.28. The lowest BCUT2D eigenvalue weighted by atomic mass is 10.0. The van der Waals surface area contributed by atoms with Crippen molar-refractivity contribution in [3.8, 4) is 0 Å². The highest BCUT2D eigenvalue weighted by atomic mass is 31.2. The first-order valence-corrected chi connectivity index (χ1v) is 31.5. The number of quaternary nitrogens is 1. The number of unbranched alkanes of at least 4 members (excludes halogenated alkanes) is 43. The molecule has 0 aromatic rings. The summed E-state index contributed by atoms with van der Waals surface area (Å²) < 4.78 is 23.3. The van der Waals surface area contributed by atoms with Crippen LogP contribution in [0.3, 0.4) is 0 Å². The first-order valence-electron chi connectivity index (χ1n) is 30.1. The highest BCUT2D eigenvalue weighted by Gasteiger charge is 2.23. The Labute approximate surface area is 424 Å². The average Bonchev–Trinajstić information content (AvgIpc) is 3.30. The molecule has 0 fully saturated rings. The maximum atomic E-state index is 12.9. The molecule has 0 bridgehead atoms. The number of phosphoric acid groups is 1. The summed E-state index contributed by atoms with van der Waals surface area (Å²) in [5.41, 5.74) is 0. The van der Waals surface area contributed by atoms with Gasteiger partial charge in [0.05, 0.1) is 39.9 Å². The Morgan fingerprint density at radius 3 is 1.10 bits per heavy atom. The Morgan fingerprint density at radius 1 is 0.500 bits per heavy atom. The van der Waals surface area contributed by atoms with Gasteiger partial charge >= 0.3 is 0 Å². The van der Waals surface area contributed by atoms with Crippen molar-refractivity contribution in [2.75, 3.05) is 40.9 Å². The van der Waals surface area contributed by atoms with Crippen LogP contribution >= 0.6 is 7.82 Å². The normalized spacial score (nSPS) is 13.9. The molecule has 0 heterocycles. The minimum atomic E-state index is -4.59. The van der Waals surface area contributed by atoms with E-state index in [4.69, 9.17) is 9.05 Å². The zero-order valence-corrected chi connectivity index (χ0v) is 47.2. The van der Waals surface area contributed by atoms with Gasteiger partial charge in [0, 0.05) is 6.42 Å². The highest BCUT2D eigenvalue weighted by molar-refractivity contribution is 7.45. The lowest BCUT2D eigenvalue weighted by Crippen LogP contribution is -2.45. The van der Waals surface area contributed by atoms with E-state index in [0.29, 0.717) is 17.4 Å². The van der Waals surface area contributed by atoms with E-state index >= 15 is 0 Å². The summed E-state index contributed by atoms with van der Waals surface area (Å²) in [4.78, 5) is 25.4. The predicted octanol–water partition coefficient (Wildman–Crippen LogP) is 17.6. The monoisotopic (exact) mass is 983 g/mol. The van der Waals surface area contributed by atoms with Crippen molar-refractivity contribution >= 4 is 13.7 Å². The molecular formula is C59H119N2O6P. The third kappa shape index (κ3) is 53.0. The topological polar surface area (TPSA) is 108 Å². The minimum absolute atomic E-state index is 0.00243. The molecule has 406 valence electrons. The fourth-order valence-electron chi connectivity index (χ4n) is 9.27. The van der Waals surface area contributed by atoms with Crippen LogP contribution < -0.4 is 10.2 Å². The quantitative estimate of drug-likeness (QED) is 0.0272. The van der Waals surface area contributed by atoms with Crippen LogP contribution in [0.15, 0.2) is 12.2 Å². The van der Waals surface area contributed by atoms with Crippen molar-refractivity contribution in [3.05, 3.63) is 12.2 Å². The molecule has 3 unspecified atom stereocenters. The van der Waals surface area contributed by atoms with Gasteiger partial charge in [0.1, 0.15) is 13.2 Å². The van der Waals surface area contributed by atoms with E-state index < -0.39 is 20.0 Å². The van der Waals surface area contributed by atoms with E-state index in [1.54, 1.807) is 6.08 Å². The first-order chi connectivity index (χ1) is 33.0.